The van der Waals surface area contributed by atoms with E-state index in [4.69, 9.17) is 10.5 Å². The molecule has 3 N–H and O–H groups in total. The summed E-state index contributed by atoms with van der Waals surface area (Å²) in [4.78, 5) is 14.5. The van der Waals surface area contributed by atoms with E-state index in [0.717, 1.165) is 22.3 Å². The normalized spacial score (nSPS) is 12.4. The molecule has 2 aromatic rings. The minimum absolute atomic E-state index is 0.407. The SMILES string of the molecule is COC(=O)C(N)Cc1cc2cccc(OC)c2[nH]1. The molecule has 0 fully saturated rings. The number of nitrogens with one attached hydrogen (secondary N) is 1. The first-order chi connectivity index (χ1) is 8.65. The summed E-state index contributed by atoms with van der Waals surface area (Å²) in [5.74, 6) is 0.353. The molecule has 0 radical (unpaired) electrons. The number of hydrogen-bond donors (Lipinski definition) is 2. The van der Waals surface area contributed by atoms with E-state index in [-0.39, 0.29) is 0 Å². The molecule has 18 heavy (non-hydrogen) atoms. The summed E-state index contributed by atoms with van der Waals surface area (Å²) in [6.07, 6.45) is 0.407. The molecule has 1 heterocycles. The molecule has 0 saturated carbocycles. The van der Waals surface area contributed by atoms with E-state index in [9.17, 15) is 4.79 Å². The number of hydrogen-bond acceptors (Lipinski definition) is 4. The Kier molecular flexibility index (Phi) is 3.53. The van der Waals surface area contributed by atoms with Crippen LogP contribution in [0.4, 0.5) is 0 Å². The lowest BCUT2D eigenvalue weighted by Crippen LogP contribution is -2.33. The first-order valence-corrected chi connectivity index (χ1v) is 5.63. The zero-order valence-corrected chi connectivity index (χ0v) is 10.4. The molecule has 0 aliphatic rings. The number of esters is 1. The fraction of sp³-hybridized carbons (Fsp3) is 0.308. The van der Waals surface area contributed by atoms with Gasteiger partial charge in [0.05, 0.1) is 19.7 Å². The van der Waals surface area contributed by atoms with Gasteiger partial charge in [0.25, 0.3) is 0 Å². The van der Waals surface area contributed by atoms with Gasteiger partial charge >= 0.3 is 5.97 Å². The highest BCUT2D eigenvalue weighted by molar-refractivity contribution is 5.86. The van der Waals surface area contributed by atoms with Gasteiger partial charge in [-0.2, -0.15) is 0 Å². The third-order valence-electron chi connectivity index (χ3n) is 2.84. The van der Waals surface area contributed by atoms with Crippen molar-refractivity contribution >= 4 is 16.9 Å². The number of carbonyl (C=O) groups is 1. The molecule has 1 unspecified atom stereocenters. The third-order valence-corrected chi connectivity index (χ3v) is 2.84. The van der Waals surface area contributed by atoms with Crippen molar-refractivity contribution in [2.45, 2.75) is 12.5 Å². The van der Waals surface area contributed by atoms with Crippen LogP contribution in [0.15, 0.2) is 24.3 Å². The second-order valence-corrected chi connectivity index (χ2v) is 4.05. The topological polar surface area (TPSA) is 77.3 Å². The number of aromatic nitrogens is 1. The molecule has 0 spiro atoms. The van der Waals surface area contributed by atoms with Crippen LogP contribution in [0, 0.1) is 0 Å². The van der Waals surface area contributed by atoms with E-state index in [1.807, 2.05) is 24.3 Å². The summed E-state index contributed by atoms with van der Waals surface area (Å²) < 4.78 is 9.86. The van der Waals surface area contributed by atoms with Crippen LogP contribution in [0.1, 0.15) is 5.69 Å². The molecule has 2 rings (SSSR count). The Balaban J connectivity index is 2.28. The largest absolute Gasteiger partial charge is 0.495 e. The highest BCUT2D eigenvalue weighted by Crippen LogP contribution is 2.25. The Bertz CT molecular complexity index is 562. The molecule has 0 saturated heterocycles. The van der Waals surface area contributed by atoms with E-state index < -0.39 is 12.0 Å². The number of aromatic amines is 1. The van der Waals surface area contributed by atoms with Crippen LogP contribution in [0.5, 0.6) is 5.75 Å². The highest BCUT2D eigenvalue weighted by atomic mass is 16.5. The molecule has 0 amide bonds. The Morgan fingerprint density at radius 3 is 2.89 bits per heavy atom. The van der Waals surface area contributed by atoms with Crippen LogP contribution >= 0.6 is 0 Å². The third kappa shape index (κ3) is 2.31. The smallest absolute Gasteiger partial charge is 0.323 e. The van der Waals surface area contributed by atoms with Crippen LogP contribution in [0.2, 0.25) is 0 Å². The number of nitrogens with two attached hydrogens (primary N) is 1. The predicted octanol–water partition coefficient (Wildman–Crippen LogP) is 1.22. The number of methoxy groups -OCH3 is 2. The van der Waals surface area contributed by atoms with Gasteiger partial charge in [-0.15, -0.1) is 0 Å². The van der Waals surface area contributed by atoms with Gasteiger partial charge in [-0.05, 0) is 12.1 Å². The molecule has 1 aromatic carbocycles. The van der Waals surface area contributed by atoms with E-state index in [0.29, 0.717) is 6.42 Å². The minimum Gasteiger partial charge on any atom is -0.495 e. The second kappa shape index (κ2) is 5.10. The number of benzene rings is 1. The summed E-state index contributed by atoms with van der Waals surface area (Å²) in [6, 6.07) is 7.07. The predicted molar refractivity (Wildman–Crippen MR) is 68.5 cm³/mol. The summed E-state index contributed by atoms with van der Waals surface area (Å²) in [5, 5.41) is 1.03. The van der Waals surface area contributed by atoms with Crippen molar-refractivity contribution in [3.63, 3.8) is 0 Å². The van der Waals surface area contributed by atoms with Crippen molar-refractivity contribution in [3.8, 4) is 5.75 Å². The Morgan fingerprint density at radius 2 is 2.22 bits per heavy atom. The monoisotopic (exact) mass is 248 g/mol. The lowest BCUT2D eigenvalue weighted by molar-refractivity contribution is -0.142. The molecule has 96 valence electrons. The van der Waals surface area contributed by atoms with Crippen molar-refractivity contribution in [1.82, 2.24) is 4.98 Å². The van der Waals surface area contributed by atoms with Gasteiger partial charge in [0, 0.05) is 17.5 Å². The van der Waals surface area contributed by atoms with Crippen molar-refractivity contribution in [2.75, 3.05) is 14.2 Å². The van der Waals surface area contributed by atoms with E-state index >= 15 is 0 Å². The van der Waals surface area contributed by atoms with Crippen molar-refractivity contribution < 1.29 is 14.3 Å². The van der Waals surface area contributed by atoms with Gasteiger partial charge in [0.1, 0.15) is 11.8 Å². The average Bonchev–Trinajstić information content (AvgIpc) is 2.79. The lowest BCUT2D eigenvalue weighted by atomic mass is 10.1. The molecule has 5 nitrogen and oxygen atoms in total. The minimum atomic E-state index is -0.658. The lowest BCUT2D eigenvalue weighted by Gasteiger charge is -2.07. The Morgan fingerprint density at radius 1 is 1.44 bits per heavy atom. The van der Waals surface area contributed by atoms with Gasteiger partial charge in [0.2, 0.25) is 0 Å². The maximum absolute atomic E-state index is 11.3. The first kappa shape index (κ1) is 12.4. The molecule has 1 aromatic heterocycles. The van der Waals surface area contributed by atoms with Gasteiger partial charge < -0.3 is 20.2 Å². The first-order valence-electron chi connectivity index (χ1n) is 5.63. The summed E-state index contributed by atoms with van der Waals surface area (Å²) in [6.45, 7) is 0. The van der Waals surface area contributed by atoms with Crippen LogP contribution in [0.25, 0.3) is 10.9 Å². The van der Waals surface area contributed by atoms with Crippen LogP contribution in [-0.2, 0) is 16.0 Å². The highest BCUT2D eigenvalue weighted by Gasteiger charge is 2.16. The number of para-hydroxylation sites is 1. The second-order valence-electron chi connectivity index (χ2n) is 4.05. The molecular formula is C13H16N2O3. The van der Waals surface area contributed by atoms with Gasteiger partial charge in [-0.3, -0.25) is 4.79 Å². The fourth-order valence-electron chi connectivity index (χ4n) is 1.94. The standard InChI is InChI=1S/C13H16N2O3/c1-17-11-5-3-4-8-6-9(15-12(8)11)7-10(14)13(16)18-2/h3-6,10,15H,7,14H2,1-2H3. The van der Waals surface area contributed by atoms with Crippen molar-refractivity contribution in [3.05, 3.63) is 30.0 Å². The number of ether oxygens (including phenoxy) is 2. The maximum Gasteiger partial charge on any atom is 0.323 e. The van der Waals surface area contributed by atoms with Crippen molar-refractivity contribution in [1.29, 1.82) is 0 Å². The van der Waals surface area contributed by atoms with Crippen molar-refractivity contribution in [2.24, 2.45) is 5.73 Å². The maximum atomic E-state index is 11.3. The molecule has 1 atom stereocenters. The van der Waals surface area contributed by atoms with Crippen LogP contribution in [-0.4, -0.2) is 31.2 Å². The Hall–Kier alpha value is -2.01. The molecule has 5 heteroatoms. The fourth-order valence-corrected chi connectivity index (χ4v) is 1.94. The zero-order valence-electron chi connectivity index (χ0n) is 10.4. The number of rotatable bonds is 4. The quantitative estimate of drug-likeness (QED) is 0.797. The average molecular weight is 248 g/mol. The molecule has 0 aliphatic carbocycles. The van der Waals surface area contributed by atoms with Gasteiger partial charge in [-0.25, -0.2) is 0 Å². The number of H-pyrrole nitrogens is 1. The zero-order chi connectivity index (χ0) is 13.1. The van der Waals surface area contributed by atoms with Crippen LogP contribution < -0.4 is 10.5 Å². The number of fused-ring (bicyclic) bond motifs is 1. The Labute approximate surface area is 105 Å². The van der Waals surface area contributed by atoms with Crippen LogP contribution in [0.3, 0.4) is 0 Å². The molecule has 0 aliphatic heterocycles. The number of carbonyl (C=O) groups excluding carboxylic acids is 1. The van der Waals surface area contributed by atoms with Gasteiger partial charge in [-0.1, -0.05) is 12.1 Å². The van der Waals surface area contributed by atoms with E-state index in [1.165, 1.54) is 7.11 Å². The summed E-state index contributed by atoms with van der Waals surface area (Å²) in [7, 11) is 2.95. The molecular weight excluding hydrogens is 232 g/mol. The van der Waals surface area contributed by atoms with Gasteiger partial charge in [0.15, 0.2) is 0 Å². The van der Waals surface area contributed by atoms with E-state index in [2.05, 4.69) is 9.72 Å². The molecule has 0 bridgehead atoms. The summed E-state index contributed by atoms with van der Waals surface area (Å²) >= 11 is 0. The summed E-state index contributed by atoms with van der Waals surface area (Å²) in [5.41, 5.74) is 7.52. The van der Waals surface area contributed by atoms with E-state index in [1.54, 1.807) is 7.11 Å².